The zero-order chi connectivity index (χ0) is 19.5. The molecule has 1 saturated carbocycles. The van der Waals surface area contributed by atoms with Crippen molar-refractivity contribution in [3.05, 3.63) is 35.4 Å². The lowest BCUT2D eigenvalue weighted by Crippen LogP contribution is -2.80. The molecule has 1 N–H and O–H groups in total. The summed E-state index contributed by atoms with van der Waals surface area (Å²) in [6, 6.07) is 5.79. The number of hydrogen-bond acceptors (Lipinski definition) is 6. The molecule has 1 aromatic rings. The first-order valence-electron chi connectivity index (χ1n) is 10.2. The van der Waals surface area contributed by atoms with Gasteiger partial charge in [-0.3, -0.25) is 9.69 Å². The van der Waals surface area contributed by atoms with Crippen LogP contribution in [0.1, 0.15) is 25.3 Å². The largest absolute Gasteiger partial charge is 0.508 e. The summed E-state index contributed by atoms with van der Waals surface area (Å²) in [5.74, 6) is 0.170. The Balaban J connectivity index is 1.75. The fourth-order valence-electron chi connectivity index (χ4n) is 7.78. The Hall–Kier alpha value is -2.05. The maximum absolute atomic E-state index is 13.6. The van der Waals surface area contributed by atoms with Crippen LogP contribution in [0.15, 0.2) is 29.8 Å². The lowest BCUT2D eigenvalue weighted by molar-refractivity contribution is -0.184. The second kappa shape index (κ2) is 4.92. The van der Waals surface area contributed by atoms with E-state index in [9.17, 15) is 9.90 Å². The highest BCUT2D eigenvalue weighted by Gasteiger charge is 2.86. The van der Waals surface area contributed by atoms with E-state index < -0.39 is 16.6 Å². The minimum atomic E-state index is -0.764. The van der Waals surface area contributed by atoms with Gasteiger partial charge in [0.2, 0.25) is 0 Å². The molecular formula is C22H26N2O4. The number of phenolic OH excluding ortho intramolecular Hbond substituents is 1. The van der Waals surface area contributed by atoms with E-state index in [-0.39, 0.29) is 23.7 Å². The molecule has 3 saturated heterocycles. The maximum Gasteiger partial charge on any atom is 0.315 e. The molecule has 3 unspecified atom stereocenters. The average molecular weight is 382 g/mol. The number of carbonyl (C=O) groups excluding carboxylic acids is 1. The summed E-state index contributed by atoms with van der Waals surface area (Å²) in [6.07, 6.45) is 3.92. The van der Waals surface area contributed by atoms with Gasteiger partial charge in [0, 0.05) is 31.7 Å². The van der Waals surface area contributed by atoms with Crippen LogP contribution in [0.4, 0.5) is 5.69 Å². The van der Waals surface area contributed by atoms with Crippen LogP contribution in [0.25, 0.3) is 0 Å². The van der Waals surface area contributed by atoms with Crippen molar-refractivity contribution in [3.63, 3.8) is 0 Å². The lowest BCUT2D eigenvalue weighted by Gasteiger charge is -2.66. The van der Waals surface area contributed by atoms with E-state index in [1.807, 2.05) is 12.1 Å². The molecule has 28 heavy (non-hydrogen) atoms. The molecule has 1 aliphatic carbocycles. The van der Waals surface area contributed by atoms with E-state index in [1.165, 1.54) is 12.7 Å². The number of ether oxygens (including phenoxy) is 2. The Morgan fingerprint density at radius 3 is 3.00 bits per heavy atom. The third-order valence-electron chi connectivity index (χ3n) is 8.67. The first kappa shape index (κ1) is 16.9. The van der Waals surface area contributed by atoms with Crippen LogP contribution in [0, 0.1) is 11.3 Å². The summed E-state index contributed by atoms with van der Waals surface area (Å²) in [5, 5.41) is 10.4. The van der Waals surface area contributed by atoms with Gasteiger partial charge in [-0.15, -0.1) is 0 Å². The highest BCUT2D eigenvalue weighted by Crippen LogP contribution is 2.76. The number of rotatable bonds is 1. The van der Waals surface area contributed by atoms with Crippen LogP contribution in [-0.2, 0) is 19.7 Å². The molecule has 0 spiro atoms. The number of allylic oxidation sites excluding steroid dienone is 1. The van der Waals surface area contributed by atoms with E-state index in [0.717, 1.165) is 37.2 Å². The molecule has 4 aliphatic heterocycles. The lowest BCUT2D eigenvalue weighted by atomic mass is 9.43. The van der Waals surface area contributed by atoms with Crippen LogP contribution >= 0.6 is 0 Å². The zero-order valence-electron chi connectivity index (χ0n) is 16.6. The summed E-state index contributed by atoms with van der Waals surface area (Å²) < 4.78 is 12.2. The monoisotopic (exact) mass is 382 g/mol. The van der Waals surface area contributed by atoms with Crippen molar-refractivity contribution in [2.45, 2.75) is 36.9 Å². The van der Waals surface area contributed by atoms with E-state index in [4.69, 9.17) is 9.47 Å². The van der Waals surface area contributed by atoms with Crippen LogP contribution in [0.2, 0.25) is 0 Å². The van der Waals surface area contributed by atoms with E-state index in [2.05, 4.69) is 29.8 Å². The van der Waals surface area contributed by atoms with E-state index >= 15 is 0 Å². The Morgan fingerprint density at radius 1 is 1.43 bits per heavy atom. The molecule has 6 rings (SSSR count). The zero-order valence-corrected chi connectivity index (χ0v) is 16.6. The normalized spacial score (nSPS) is 44.0. The number of nitrogens with zero attached hydrogens (tertiary/aromatic N) is 2. The van der Waals surface area contributed by atoms with Gasteiger partial charge in [-0.2, -0.15) is 0 Å². The van der Waals surface area contributed by atoms with Gasteiger partial charge in [0.15, 0.2) is 5.72 Å². The minimum absolute atomic E-state index is 0.101. The Morgan fingerprint density at radius 2 is 2.25 bits per heavy atom. The SMILES string of the molecule is C/C=C1/CN2CCC34c5cc(O)ccc5N(C)C35OC[C@]4(C(=O)OC)C1C[C@H]25. The van der Waals surface area contributed by atoms with Crippen molar-refractivity contribution in [2.75, 3.05) is 38.8 Å². The molecule has 4 heterocycles. The number of methoxy groups -OCH3 is 1. The van der Waals surface area contributed by atoms with Crippen molar-refractivity contribution in [2.24, 2.45) is 11.3 Å². The van der Waals surface area contributed by atoms with Gasteiger partial charge < -0.3 is 19.5 Å². The van der Waals surface area contributed by atoms with Gasteiger partial charge in [-0.05, 0) is 43.5 Å². The molecular weight excluding hydrogens is 356 g/mol. The summed E-state index contributed by atoms with van der Waals surface area (Å²) >= 11 is 0. The summed E-state index contributed by atoms with van der Waals surface area (Å²) in [6.45, 7) is 4.25. The van der Waals surface area contributed by atoms with Crippen LogP contribution in [-0.4, -0.2) is 61.6 Å². The van der Waals surface area contributed by atoms with Crippen molar-refractivity contribution in [1.82, 2.24) is 4.90 Å². The molecule has 6 nitrogen and oxygen atoms in total. The van der Waals surface area contributed by atoms with E-state index in [0.29, 0.717) is 6.61 Å². The number of fused-ring (bicyclic) bond motifs is 3. The van der Waals surface area contributed by atoms with E-state index in [1.54, 1.807) is 6.07 Å². The molecule has 0 amide bonds. The third-order valence-corrected chi connectivity index (χ3v) is 8.67. The molecule has 5 atom stereocenters. The molecule has 1 aromatic carbocycles. The van der Waals surface area contributed by atoms with Crippen molar-refractivity contribution in [3.8, 4) is 5.75 Å². The molecule has 148 valence electrons. The molecule has 6 heteroatoms. The second-order valence-corrected chi connectivity index (χ2v) is 9.00. The van der Waals surface area contributed by atoms with Gasteiger partial charge >= 0.3 is 5.97 Å². The van der Waals surface area contributed by atoms with Crippen LogP contribution < -0.4 is 4.90 Å². The van der Waals surface area contributed by atoms with Gasteiger partial charge in [0.05, 0.1) is 25.2 Å². The number of hydrogen-bond donors (Lipinski definition) is 1. The summed E-state index contributed by atoms with van der Waals surface area (Å²) in [4.78, 5) is 18.4. The van der Waals surface area contributed by atoms with Gasteiger partial charge in [-0.25, -0.2) is 0 Å². The smallest absolute Gasteiger partial charge is 0.315 e. The summed E-state index contributed by atoms with van der Waals surface area (Å²) in [5.41, 5.74) is 1.54. The van der Waals surface area contributed by atoms with Crippen LogP contribution in [0.5, 0.6) is 5.75 Å². The molecule has 4 fully saturated rings. The average Bonchev–Trinajstić information content (AvgIpc) is 3.08. The number of aromatic hydroxyl groups is 1. The highest BCUT2D eigenvalue weighted by atomic mass is 16.6. The summed E-state index contributed by atoms with van der Waals surface area (Å²) in [7, 11) is 3.58. The maximum atomic E-state index is 13.6. The number of phenols is 1. The highest BCUT2D eigenvalue weighted by molar-refractivity contribution is 5.86. The predicted molar refractivity (Wildman–Crippen MR) is 103 cm³/mol. The second-order valence-electron chi connectivity index (χ2n) is 9.00. The number of benzene rings is 1. The first-order chi connectivity index (χ1) is 13.5. The number of esters is 1. The van der Waals surface area contributed by atoms with Gasteiger partial charge in [0.1, 0.15) is 11.2 Å². The predicted octanol–water partition coefficient (Wildman–Crippen LogP) is 2.02. The Kier molecular flexibility index (Phi) is 2.96. The van der Waals surface area contributed by atoms with Crippen LogP contribution in [0.3, 0.4) is 0 Å². The molecule has 5 aliphatic rings. The molecule has 5 bridgehead atoms. The van der Waals surface area contributed by atoms with Gasteiger partial charge in [-0.1, -0.05) is 11.6 Å². The van der Waals surface area contributed by atoms with Gasteiger partial charge in [0.25, 0.3) is 0 Å². The number of piperidine rings is 2. The number of anilines is 1. The van der Waals surface area contributed by atoms with Crippen molar-refractivity contribution < 1.29 is 19.4 Å². The minimum Gasteiger partial charge on any atom is -0.508 e. The Labute approximate surface area is 164 Å². The topological polar surface area (TPSA) is 62.2 Å². The fourth-order valence-corrected chi connectivity index (χ4v) is 7.78. The quantitative estimate of drug-likeness (QED) is 0.592. The standard InChI is InChI=1S/C22H26N2O4/c1-4-13-11-24-8-7-21-16-9-14(25)5-6-17(16)23(2)22(21)18(24)10-15(13)20(21,12-28-22)19(26)27-3/h4-6,9,15,18,25H,7-8,10-12H2,1-3H3/b13-4-/t15?,18-,20+,21?,22?/m0/s1. The van der Waals surface area contributed by atoms with Crippen molar-refractivity contribution in [1.29, 1.82) is 0 Å². The third kappa shape index (κ3) is 1.37. The Bertz CT molecular complexity index is 944. The molecule has 0 radical (unpaired) electrons. The van der Waals surface area contributed by atoms with Crippen molar-refractivity contribution >= 4 is 11.7 Å². The number of carbonyl (C=O) groups is 1. The number of likely N-dealkylation sites (N-methyl/N-ethyl adjacent to an activating group) is 1. The molecule has 0 aromatic heterocycles. The first-order valence-corrected chi connectivity index (χ1v) is 10.2. The fraction of sp³-hybridized carbons (Fsp3) is 0.591.